The molecule has 2 aliphatic rings. The normalized spacial score (nSPS) is 22.5. The fraction of sp³-hybridized carbons (Fsp3) is 0.333. The molecule has 156 valence electrons. The lowest BCUT2D eigenvalue weighted by Gasteiger charge is -2.24. The number of anilines is 1. The molecule has 2 unspecified atom stereocenters. The molecule has 1 N–H and O–H groups in total. The first kappa shape index (κ1) is 20.7. The van der Waals surface area contributed by atoms with Crippen LogP contribution in [0.15, 0.2) is 59.1 Å². The van der Waals surface area contributed by atoms with Gasteiger partial charge in [0.25, 0.3) is 0 Å². The highest BCUT2D eigenvalue weighted by atomic mass is 79.9. The van der Waals surface area contributed by atoms with Gasteiger partial charge in [0.15, 0.2) is 0 Å². The van der Waals surface area contributed by atoms with Gasteiger partial charge in [-0.2, -0.15) is 0 Å². The van der Waals surface area contributed by atoms with Gasteiger partial charge in [-0.3, -0.25) is 9.59 Å². The zero-order valence-corrected chi connectivity index (χ0v) is 18.5. The van der Waals surface area contributed by atoms with Crippen molar-refractivity contribution in [3.05, 3.63) is 70.2 Å². The maximum Gasteiger partial charge on any atom is 0.313 e. The molecule has 1 aliphatic carbocycles. The summed E-state index contributed by atoms with van der Waals surface area (Å²) in [5, 5.41) is 2.95. The van der Waals surface area contributed by atoms with Crippen molar-refractivity contribution >= 4 is 33.5 Å². The lowest BCUT2D eigenvalue weighted by atomic mass is 9.75. The topological polar surface area (TPSA) is 64.6 Å². The number of carbonyl (C=O) groups is 2. The third-order valence-electron chi connectivity index (χ3n) is 6.03. The van der Waals surface area contributed by atoms with Crippen LogP contribution in [0.5, 0.6) is 5.75 Å². The van der Waals surface area contributed by atoms with Crippen molar-refractivity contribution in [1.29, 1.82) is 0 Å². The molecule has 0 bridgehead atoms. The van der Waals surface area contributed by atoms with E-state index in [9.17, 15) is 9.59 Å². The Morgan fingerprint density at radius 1 is 1.30 bits per heavy atom. The number of hydrogen-bond donors (Lipinski definition) is 1. The summed E-state index contributed by atoms with van der Waals surface area (Å²) < 4.78 is 11.4. The van der Waals surface area contributed by atoms with Crippen LogP contribution in [0, 0.1) is 11.3 Å². The van der Waals surface area contributed by atoms with Crippen molar-refractivity contribution in [2.24, 2.45) is 11.3 Å². The number of methoxy groups -OCH3 is 1. The van der Waals surface area contributed by atoms with Gasteiger partial charge in [0.05, 0.1) is 31.2 Å². The van der Waals surface area contributed by atoms with Crippen LogP contribution in [-0.4, -0.2) is 25.6 Å². The molecule has 0 aromatic heterocycles. The molecule has 4 rings (SSSR count). The second-order valence-electron chi connectivity index (χ2n) is 8.15. The molecule has 6 heteroatoms. The van der Waals surface area contributed by atoms with Crippen LogP contribution in [-0.2, 0) is 27.2 Å². The summed E-state index contributed by atoms with van der Waals surface area (Å²) in [6.07, 6.45) is 2.41. The standard InChI is InChI=1S/C24H24BrNO4/c1-15-8-18-14-30-23(28)24(18,12-15)13-17-6-7-21(20(25)10-17)26-22(27)11-16-4-3-5-19(9-16)29-2/h3-7,9-10,18H,1,8,11-14H2,2H3,(H,26,27). The van der Waals surface area contributed by atoms with E-state index in [1.54, 1.807) is 7.11 Å². The molecule has 2 aromatic rings. The molecule has 30 heavy (non-hydrogen) atoms. The van der Waals surface area contributed by atoms with Crippen molar-refractivity contribution in [2.45, 2.75) is 25.7 Å². The number of hydrogen-bond acceptors (Lipinski definition) is 4. The smallest absolute Gasteiger partial charge is 0.313 e. The zero-order valence-electron chi connectivity index (χ0n) is 16.9. The number of amides is 1. The Labute approximate surface area is 184 Å². The highest BCUT2D eigenvalue weighted by molar-refractivity contribution is 9.10. The van der Waals surface area contributed by atoms with E-state index in [1.165, 1.54) is 0 Å². The molecule has 1 aliphatic heterocycles. The lowest BCUT2D eigenvalue weighted by Crippen LogP contribution is -2.31. The van der Waals surface area contributed by atoms with E-state index in [2.05, 4.69) is 27.8 Å². The maximum atomic E-state index is 12.5. The number of allylic oxidation sites excluding steroid dienone is 1. The summed E-state index contributed by atoms with van der Waals surface area (Å²) in [7, 11) is 1.60. The average molecular weight is 470 g/mol. The Bertz CT molecular complexity index is 1020. The molecular weight excluding hydrogens is 446 g/mol. The summed E-state index contributed by atoms with van der Waals surface area (Å²) in [4.78, 5) is 25.0. The van der Waals surface area contributed by atoms with E-state index < -0.39 is 5.41 Å². The minimum atomic E-state index is -0.492. The minimum absolute atomic E-state index is 0.109. The molecule has 1 heterocycles. The molecule has 1 saturated heterocycles. The van der Waals surface area contributed by atoms with Gasteiger partial charge in [-0.25, -0.2) is 0 Å². The molecule has 1 amide bonds. The summed E-state index contributed by atoms with van der Waals surface area (Å²) in [6, 6.07) is 13.3. The van der Waals surface area contributed by atoms with E-state index in [1.807, 2.05) is 42.5 Å². The number of carbonyl (C=O) groups excluding carboxylic acids is 2. The molecule has 0 radical (unpaired) electrons. The Kier molecular flexibility index (Phi) is 5.69. The van der Waals surface area contributed by atoms with Gasteiger partial charge in [0.1, 0.15) is 5.75 Å². The monoisotopic (exact) mass is 469 g/mol. The minimum Gasteiger partial charge on any atom is -0.497 e. The number of rotatable bonds is 6. The fourth-order valence-corrected chi connectivity index (χ4v) is 5.08. The molecule has 5 nitrogen and oxygen atoms in total. The Balaban J connectivity index is 1.45. The van der Waals surface area contributed by atoms with Crippen LogP contribution in [0.3, 0.4) is 0 Å². The molecular formula is C24H24BrNO4. The van der Waals surface area contributed by atoms with Crippen LogP contribution in [0.25, 0.3) is 0 Å². The van der Waals surface area contributed by atoms with Crippen LogP contribution >= 0.6 is 15.9 Å². The molecule has 1 saturated carbocycles. The number of nitrogens with one attached hydrogen (secondary N) is 1. The zero-order chi connectivity index (χ0) is 21.3. The van der Waals surface area contributed by atoms with Gasteiger partial charge < -0.3 is 14.8 Å². The number of halogens is 1. The van der Waals surface area contributed by atoms with E-state index >= 15 is 0 Å². The predicted molar refractivity (Wildman–Crippen MR) is 118 cm³/mol. The Morgan fingerprint density at radius 3 is 2.90 bits per heavy atom. The van der Waals surface area contributed by atoms with Crippen molar-refractivity contribution in [1.82, 2.24) is 0 Å². The number of fused-ring (bicyclic) bond motifs is 1. The van der Waals surface area contributed by atoms with Crippen molar-refractivity contribution < 1.29 is 19.1 Å². The number of ether oxygens (including phenoxy) is 2. The first-order valence-electron chi connectivity index (χ1n) is 9.95. The maximum absolute atomic E-state index is 12.5. The molecule has 2 fully saturated rings. The SMILES string of the molecule is C=C1CC2COC(=O)C2(Cc2ccc(NC(=O)Cc3cccc(OC)c3)c(Br)c2)C1. The quantitative estimate of drug-likeness (QED) is 0.492. The van der Waals surface area contributed by atoms with Gasteiger partial charge in [-0.15, -0.1) is 0 Å². The van der Waals surface area contributed by atoms with Gasteiger partial charge in [-0.05, 0) is 70.6 Å². The second kappa shape index (κ2) is 8.26. The first-order chi connectivity index (χ1) is 14.4. The summed E-state index contributed by atoms with van der Waals surface area (Å²) in [6.45, 7) is 4.58. The van der Waals surface area contributed by atoms with E-state index in [4.69, 9.17) is 9.47 Å². The molecule has 2 atom stereocenters. The highest BCUT2D eigenvalue weighted by Gasteiger charge is 2.55. The van der Waals surface area contributed by atoms with Crippen LogP contribution in [0.4, 0.5) is 5.69 Å². The average Bonchev–Trinajstić information content (AvgIpc) is 3.18. The van der Waals surface area contributed by atoms with E-state index in [0.717, 1.165) is 33.3 Å². The van der Waals surface area contributed by atoms with E-state index in [0.29, 0.717) is 25.1 Å². The molecule has 2 aromatic carbocycles. The van der Waals surface area contributed by atoms with Crippen LogP contribution in [0.2, 0.25) is 0 Å². The van der Waals surface area contributed by atoms with Gasteiger partial charge in [-0.1, -0.05) is 30.4 Å². The Morgan fingerprint density at radius 2 is 2.13 bits per heavy atom. The van der Waals surface area contributed by atoms with Crippen molar-refractivity contribution in [3.8, 4) is 5.75 Å². The lowest BCUT2D eigenvalue weighted by molar-refractivity contribution is -0.146. The molecule has 0 spiro atoms. The third-order valence-corrected chi connectivity index (χ3v) is 6.69. The van der Waals surface area contributed by atoms with E-state index in [-0.39, 0.29) is 24.2 Å². The Hall–Kier alpha value is -2.60. The van der Waals surface area contributed by atoms with Gasteiger partial charge in [0, 0.05) is 10.4 Å². The largest absolute Gasteiger partial charge is 0.497 e. The summed E-state index contributed by atoms with van der Waals surface area (Å²) >= 11 is 3.56. The number of cyclic esters (lactones) is 1. The van der Waals surface area contributed by atoms with Crippen molar-refractivity contribution in [2.75, 3.05) is 19.0 Å². The van der Waals surface area contributed by atoms with Gasteiger partial charge >= 0.3 is 5.97 Å². The van der Waals surface area contributed by atoms with Crippen LogP contribution in [0.1, 0.15) is 24.0 Å². The first-order valence-corrected chi connectivity index (χ1v) is 10.7. The summed E-state index contributed by atoms with van der Waals surface area (Å²) in [5.41, 5.74) is 3.24. The fourth-order valence-electron chi connectivity index (χ4n) is 4.56. The second-order valence-corrected chi connectivity index (χ2v) is 9.00. The number of benzene rings is 2. The highest BCUT2D eigenvalue weighted by Crippen LogP contribution is 2.52. The van der Waals surface area contributed by atoms with Crippen molar-refractivity contribution in [3.63, 3.8) is 0 Å². The predicted octanol–water partition coefficient (Wildman–Crippen LogP) is 4.69. The third kappa shape index (κ3) is 4.01. The van der Waals surface area contributed by atoms with Crippen LogP contribution < -0.4 is 10.1 Å². The van der Waals surface area contributed by atoms with Gasteiger partial charge in [0.2, 0.25) is 5.91 Å². The number of esters is 1. The summed E-state index contributed by atoms with van der Waals surface area (Å²) in [5.74, 6) is 0.710.